The quantitative estimate of drug-likeness (QED) is 0.675. The standard InChI is InChI=1S/C20H20N2O3S3/c1-15-20(26-17-8-4-2-5-9-17,27-18-10-6-3-7-11-18)19(23)22(21-15)16-12-13-28(24,25)14-16/h2-11,16H,12-14H2,1H3. The molecule has 8 heteroatoms. The zero-order valence-corrected chi connectivity index (χ0v) is 17.8. The molecule has 28 heavy (non-hydrogen) atoms. The van der Waals surface area contributed by atoms with Crippen LogP contribution in [0.1, 0.15) is 13.3 Å². The Labute approximate surface area is 173 Å². The first-order valence-electron chi connectivity index (χ1n) is 8.97. The van der Waals surface area contributed by atoms with Crippen LogP contribution in [-0.2, 0) is 14.6 Å². The number of sulfone groups is 1. The van der Waals surface area contributed by atoms with Crippen molar-refractivity contribution in [2.75, 3.05) is 11.5 Å². The first-order valence-corrected chi connectivity index (χ1v) is 12.4. The van der Waals surface area contributed by atoms with Crippen LogP contribution in [0.15, 0.2) is 75.6 Å². The molecule has 0 N–H and O–H groups in total. The summed E-state index contributed by atoms with van der Waals surface area (Å²) in [5.74, 6) is -0.0621. The molecule has 5 nitrogen and oxygen atoms in total. The summed E-state index contributed by atoms with van der Waals surface area (Å²) in [7, 11) is -3.11. The minimum atomic E-state index is -3.11. The molecule has 1 amide bonds. The Morgan fingerprint density at radius 3 is 2.00 bits per heavy atom. The predicted octanol–water partition coefficient (Wildman–Crippen LogP) is 3.67. The fourth-order valence-corrected chi connectivity index (χ4v) is 7.78. The summed E-state index contributed by atoms with van der Waals surface area (Å²) in [6.07, 6.45) is 0.437. The van der Waals surface area contributed by atoms with Crippen molar-refractivity contribution in [3.63, 3.8) is 0 Å². The molecule has 1 saturated heterocycles. The molecule has 0 aliphatic carbocycles. The molecule has 2 heterocycles. The van der Waals surface area contributed by atoms with E-state index < -0.39 is 13.9 Å². The first-order chi connectivity index (χ1) is 13.4. The molecule has 146 valence electrons. The number of hydrogen-bond acceptors (Lipinski definition) is 6. The van der Waals surface area contributed by atoms with Gasteiger partial charge in [-0.1, -0.05) is 59.9 Å². The molecule has 1 fully saturated rings. The summed E-state index contributed by atoms with van der Waals surface area (Å²) in [6, 6.07) is 19.1. The molecular weight excluding hydrogens is 412 g/mol. The molecule has 1 unspecified atom stereocenters. The number of amides is 1. The Morgan fingerprint density at radius 2 is 1.54 bits per heavy atom. The molecule has 2 aliphatic heterocycles. The molecule has 0 saturated carbocycles. The zero-order valence-electron chi connectivity index (χ0n) is 15.3. The van der Waals surface area contributed by atoms with E-state index in [-0.39, 0.29) is 23.5 Å². The molecule has 0 radical (unpaired) electrons. The van der Waals surface area contributed by atoms with Gasteiger partial charge in [-0.3, -0.25) is 4.79 Å². The van der Waals surface area contributed by atoms with Crippen molar-refractivity contribution in [2.45, 2.75) is 33.3 Å². The maximum atomic E-state index is 13.6. The molecule has 0 aromatic heterocycles. The van der Waals surface area contributed by atoms with Gasteiger partial charge in [0.15, 0.2) is 13.9 Å². The fraction of sp³-hybridized carbons (Fsp3) is 0.300. The monoisotopic (exact) mass is 432 g/mol. The third kappa shape index (κ3) is 3.73. The summed E-state index contributed by atoms with van der Waals surface area (Å²) in [5, 5.41) is 5.98. The van der Waals surface area contributed by atoms with Gasteiger partial charge >= 0.3 is 0 Å². The molecule has 2 aromatic rings. The van der Waals surface area contributed by atoms with Crippen LogP contribution >= 0.6 is 23.5 Å². The minimum absolute atomic E-state index is 0.0163. The topological polar surface area (TPSA) is 66.8 Å². The van der Waals surface area contributed by atoms with Gasteiger partial charge in [0.2, 0.25) is 0 Å². The van der Waals surface area contributed by atoms with Crippen molar-refractivity contribution < 1.29 is 13.2 Å². The summed E-state index contributed by atoms with van der Waals surface area (Å²) >= 11 is 2.93. The van der Waals surface area contributed by atoms with E-state index in [1.54, 1.807) is 0 Å². The van der Waals surface area contributed by atoms with Crippen LogP contribution in [-0.4, -0.2) is 46.7 Å². The minimum Gasteiger partial charge on any atom is -0.270 e. The lowest BCUT2D eigenvalue weighted by Gasteiger charge is -2.28. The van der Waals surface area contributed by atoms with E-state index in [1.165, 1.54) is 28.5 Å². The highest BCUT2D eigenvalue weighted by Gasteiger charge is 2.54. The third-order valence-electron chi connectivity index (χ3n) is 4.79. The van der Waals surface area contributed by atoms with Crippen molar-refractivity contribution in [3.05, 3.63) is 60.7 Å². The molecule has 2 aromatic carbocycles. The Balaban J connectivity index is 1.70. The maximum Gasteiger partial charge on any atom is 0.276 e. The van der Waals surface area contributed by atoms with Gasteiger partial charge in [0, 0.05) is 9.79 Å². The molecule has 1 atom stereocenters. The SMILES string of the molecule is CC1=NN(C2CCS(=O)(=O)C2)C(=O)C1(Sc1ccccc1)Sc1ccccc1. The maximum absolute atomic E-state index is 13.6. The second kappa shape index (κ2) is 7.57. The van der Waals surface area contributed by atoms with E-state index >= 15 is 0 Å². The smallest absolute Gasteiger partial charge is 0.270 e. The van der Waals surface area contributed by atoms with Crippen LogP contribution in [0.2, 0.25) is 0 Å². The van der Waals surface area contributed by atoms with Crippen LogP contribution in [0, 0.1) is 0 Å². The van der Waals surface area contributed by atoms with Gasteiger partial charge in [-0.25, -0.2) is 13.4 Å². The van der Waals surface area contributed by atoms with Gasteiger partial charge in [0.05, 0.1) is 23.3 Å². The van der Waals surface area contributed by atoms with Crippen LogP contribution in [0.5, 0.6) is 0 Å². The Kier molecular flexibility index (Phi) is 5.28. The van der Waals surface area contributed by atoms with Gasteiger partial charge in [-0.15, -0.1) is 0 Å². The number of benzene rings is 2. The summed E-state index contributed by atoms with van der Waals surface area (Å²) < 4.78 is 22.9. The number of rotatable bonds is 5. The highest BCUT2D eigenvalue weighted by Crippen LogP contribution is 2.51. The van der Waals surface area contributed by atoms with Crippen LogP contribution in [0.25, 0.3) is 0 Å². The van der Waals surface area contributed by atoms with E-state index in [1.807, 2.05) is 67.6 Å². The number of hydrazone groups is 1. The van der Waals surface area contributed by atoms with Crippen LogP contribution in [0.3, 0.4) is 0 Å². The van der Waals surface area contributed by atoms with Gasteiger partial charge < -0.3 is 0 Å². The molecule has 2 aliphatic rings. The molecule has 0 spiro atoms. The van der Waals surface area contributed by atoms with Crippen molar-refractivity contribution in [1.82, 2.24) is 5.01 Å². The number of thioether (sulfide) groups is 2. The number of hydrogen-bond donors (Lipinski definition) is 0. The van der Waals surface area contributed by atoms with Crippen molar-refractivity contribution in [1.29, 1.82) is 0 Å². The summed E-state index contributed by atoms with van der Waals surface area (Å²) in [6.45, 7) is 1.85. The van der Waals surface area contributed by atoms with Crippen molar-refractivity contribution in [2.24, 2.45) is 5.10 Å². The summed E-state index contributed by atoms with van der Waals surface area (Å²) in [4.78, 5) is 15.6. The number of carbonyl (C=O) groups is 1. The van der Waals surface area contributed by atoms with E-state index in [2.05, 4.69) is 5.10 Å². The fourth-order valence-electron chi connectivity index (χ4n) is 3.36. The Morgan fingerprint density at radius 1 is 1.00 bits per heavy atom. The highest BCUT2D eigenvalue weighted by molar-refractivity contribution is 8.20. The van der Waals surface area contributed by atoms with E-state index in [0.29, 0.717) is 12.1 Å². The number of carbonyl (C=O) groups excluding carboxylic acids is 1. The third-order valence-corrected chi connectivity index (χ3v) is 9.57. The Bertz CT molecular complexity index is 966. The lowest BCUT2D eigenvalue weighted by molar-refractivity contribution is -0.130. The lowest BCUT2D eigenvalue weighted by atomic mass is 10.2. The van der Waals surface area contributed by atoms with Gasteiger partial charge in [0.1, 0.15) is 0 Å². The molecule has 0 bridgehead atoms. The van der Waals surface area contributed by atoms with Crippen LogP contribution in [0.4, 0.5) is 0 Å². The van der Waals surface area contributed by atoms with E-state index in [0.717, 1.165) is 9.79 Å². The summed E-state index contributed by atoms with van der Waals surface area (Å²) in [5.41, 5.74) is 0.685. The highest BCUT2D eigenvalue weighted by atomic mass is 32.2. The average molecular weight is 433 g/mol. The average Bonchev–Trinajstić information content (AvgIpc) is 3.15. The number of nitrogens with zero attached hydrogens (tertiary/aromatic N) is 2. The lowest BCUT2D eigenvalue weighted by Crippen LogP contribution is -2.44. The predicted molar refractivity (Wildman–Crippen MR) is 114 cm³/mol. The second-order valence-electron chi connectivity index (χ2n) is 6.84. The van der Waals surface area contributed by atoms with E-state index in [9.17, 15) is 13.2 Å². The van der Waals surface area contributed by atoms with Crippen LogP contribution < -0.4 is 0 Å². The molecule has 4 rings (SSSR count). The normalized spacial score (nSPS) is 23.0. The molecular formula is C20H20N2O3S3. The second-order valence-corrected chi connectivity index (χ2v) is 11.9. The van der Waals surface area contributed by atoms with Crippen molar-refractivity contribution in [3.8, 4) is 0 Å². The Hall–Kier alpha value is -1.77. The van der Waals surface area contributed by atoms with E-state index in [4.69, 9.17) is 0 Å². The van der Waals surface area contributed by atoms with Crippen molar-refractivity contribution >= 4 is 45.0 Å². The van der Waals surface area contributed by atoms with Gasteiger partial charge in [-0.2, -0.15) is 5.10 Å². The largest absolute Gasteiger partial charge is 0.276 e. The van der Waals surface area contributed by atoms with Gasteiger partial charge in [0.25, 0.3) is 5.91 Å². The van der Waals surface area contributed by atoms with Gasteiger partial charge in [-0.05, 0) is 37.6 Å². The zero-order chi connectivity index (χ0) is 19.8. The first kappa shape index (κ1) is 19.5.